The molecule has 0 aromatic heterocycles. The second-order valence-electron chi connectivity index (χ2n) is 12.0. The van der Waals surface area contributed by atoms with Crippen LogP contribution in [0.5, 0.6) is 5.75 Å². The molecule has 44 heavy (non-hydrogen) atoms. The number of nitrogens with zero attached hydrogens (tertiary/aromatic N) is 5. The minimum Gasteiger partial charge on any atom is -0.497 e. The first-order valence-corrected chi connectivity index (χ1v) is 15.8. The van der Waals surface area contributed by atoms with Crippen molar-refractivity contribution in [3.8, 4) is 5.75 Å². The predicted octanol–water partition coefficient (Wildman–Crippen LogP) is 2.34. The van der Waals surface area contributed by atoms with E-state index in [9.17, 15) is 14.4 Å². The molecule has 0 N–H and O–H groups in total. The number of methoxy groups -OCH3 is 1. The Morgan fingerprint density at radius 3 is 2.02 bits per heavy atom. The van der Waals surface area contributed by atoms with Gasteiger partial charge < -0.3 is 28.9 Å². The molecular formula is C30H39F2IN5O6+. The van der Waals surface area contributed by atoms with Gasteiger partial charge >= 0.3 is 39.4 Å². The van der Waals surface area contributed by atoms with E-state index in [1.165, 1.54) is 27.9 Å². The summed E-state index contributed by atoms with van der Waals surface area (Å²) in [5.74, 6) is -1.14. The molecule has 11 nitrogen and oxygen atoms in total. The van der Waals surface area contributed by atoms with Gasteiger partial charge in [-0.05, 0) is 71.9 Å². The van der Waals surface area contributed by atoms with Crippen molar-refractivity contribution in [3.63, 3.8) is 0 Å². The molecule has 0 saturated carbocycles. The summed E-state index contributed by atoms with van der Waals surface area (Å²) in [6.07, 6.45) is -1.94. The molecule has 14 heteroatoms. The normalized spacial score (nSPS) is 14.5. The highest BCUT2D eigenvalue weighted by molar-refractivity contribution is 5.99. The average Bonchev–Trinajstić information content (AvgIpc) is 2.90. The Balaban J connectivity index is 2.11. The number of carbonyl (C=O) groups is 3. The number of carbonyl (C=O) groups excluding carboxylic acids is 3. The summed E-state index contributed by atoms with van der Waals surface area (Å²) in [4.78, 5) is 48.5. The highest BCUT2D eigenvalue weighted by Gasteiger charge is 2.37. The second kappa shape index (κ2) is 13.9. The molecule has 1 aliphatic rings. The monoisotopic (exact) mass is 730 g/mol. The number of urea groups is 1. The van der Waals surface area contributed by atoms with Crippen LogP contribution in [0.2, 0.25) is 0 Å². The fraction of sp³-hybridized carbons (Fsp3) is 0.467. The summed E-state index contributed by atoms with van der Waals surface area (Å²) >= 11 is -1.30. The van der Waals surface area contributed by atoms with E-state index < -0.39 is 62.8 Å². The van der Waals surface area contributed by atoms with Crippen LogP contribution in [0.3, 0.4) is 0 Å². The van der Waals surface area contributed by atoms with Crippen LogP contribution >= 0.6 is 0 Å². The van der Waals surface area contributed by atoms with Gasteiger partial charge in [-0.25, -0.2) is 28.1 Å². The number of hydrogen-bond donors (Lipinski definition) is 0. The number of guanidine groups is 1. The van der Waals surface area contributed by atoms with Gasteiger partial charge in [0.2, 0.25) is 5.96 Å². The lowest BCUT2D eigenvalue weighted by Gasteiger charge is -2.42. The van der Waals surface area contributed by atoms with Crippen LogP contribution in [0.25, 0.3) is 0 Å². The SMILES string of the molecule is COc1ccc([I+]c2c(F)ccc(CN(C(=O)OC(C)(C)C)C(=NC(=O)OC(C)(C)C)N3CN(C)C(=O)N(C)C3)c2F)cc1. The van der Waals surface area contributed by atoms with Crippen molar-refractivity contribution in [3.05, 3.63) is 60.7 Å². The van der Waals surface area contributed by atoms with Gasteiger partial charge in [-0.1, -0.05) is 6.07 Å². The zero-order valence-corrected chi connectivity index (χ0v) is 28.6. The molecule has 2 aromatic carbocycles. The Morgan fingerprint density at radius 1 is 0.932 bits per heavy atom. The van der Waals surface area contributed by atoms with Crippen molar-refractivity contribution < 1.29 is 58.6 Å². The minimum atomic E-state index is -1.30. The quantitative estimate of drug-likeness (QED) is 0.202. The Bertz CT molecular complexity index is 1390. The number of aliphatic imine (C=N–C) groups is 1. The zero-order chi connectivity index (χ0) is 33.0. The van der Waals surface area contributed by atoms with E-state index in [2.05, 4.69) is 4.99 Å². The molecular weight excluding hydrogens is 691 g/mol. The van der Waals surface area contributed by atoms with Gasteiger partial charge in [-0.15, -0.1) is 4.99 Å². The van der Waals surface area contributed by atoms with Crippen molar-refractivity contribution in [1.29, 1.82) is 0 Å². The van der Waals surface area contributed by atoms with Gasteiger partial charge in [0.25, 0.3) is 3.57 Å². The molecule has 4 amide bonds. The maximum atomic E-state index is 16.1. The van der Waals surface area contributed by atoms with E-state index in [0.29, 0.717) is 5.75 Å². The molecule has 1 fully saturated rings. The molecule has 1 aliphatic heterocycles. The molecule has 0 radical (unpaired) electrons. The number of hydrogen-bond acceptors (Lipinski definition) is 6. The molecule has 0 aliphatic carbocycles. The van der Waals surface area contributed by atoms with Crippen LogP contribution < -0.4 is 25.9 Å². The van der Waals surface area contributed by atoms with Crippen molar-refractivity contribution in [2.45, 2.75) is 59.3 Å². The fourth-order valence-electron chi connectivity index (χ4n) is 3.99. The maximum absolute atomic E-state index is 16.1. The number of rotatable bonds is 5. The van der Waals surface area contributed by atoms with Gasteiger partial charge in [-0.2, -0.15) is 0 Å². The van der Waals surface area contributed by atoms with Crippen molar-refractivity contribution in [2.75, 3.05) is 34.5 Å². The highest BCUT2D eigenvalue weighted by atomic mass is 127. The zero-order valence-electron chi connectivity index (χ0n) is 26.4. The van der Waals surface area contributed by atoms with E-state index in [1.54, 1.807) is 79.9 Å². The summed E-state index contributed by atoms with van der Waals surface area (Å²) in [5.41, 5.74) is -1.90. The lowest BCUT2D eigenvalue weighted by molar-refractivity contribution is -0.603. The van der Waals surface area contributed by atoms with E-state index in [1.807, 2.05) is 0 Å². The molecule has 240 valence electrons. The molecule has 1 heterocycles. The van der Waals surface area contributed by atoms with Crippen LogP contribution in [0, 0.1) is 18.8 Å². The highest BCUT2D eigenvalue weighted by Crippen LogP contribution is 2.20. The molecule has 0 atom stereocenters. The first-order valence-electron chi connectivity index (χ1n) is 13.7. The van der Waals surface area contributed by atoms with Crippen molar-refractivity contribution in [2.24, 2.45) is 4.99 Å². The smallest absolute Gasteiger partial charge is 0.437 e. The molecule has 0 unspecified atom stereocenters. The fourth-order valence-corrected chi connectivity index (χ4v) is 6.35. The van der Waals surface area contributed by atoms with Crippen molar-refractivity contribution in [1.82, 2.24) is 19.6 Å². The van der Waals surface area contributed by atoms with Crippen LogP contribution in [0.1, 0.15) is 47.1 Å². The Labute approximate surface area is 267 Å². The topological polar surface area (TPSA) is 104 Å². The molecule has 3 rings (SSSR count). The molecule has 2 aromatic rings. The van der Waals surface area contributed by atoms with Gasteiger partial charge in [0.05, 0.1) is 27.0 Å². The third-order valence-corrected chi connectivity index (χ3v) is 8.71. The molecule has 1 saturated heterocycles. The van der Waals surface area contributed by atoms with Gasteiger partial charge in [0.1, 0.15) is 17.0 Å². The van der Waals surface area contributed by atoms with Crippen LogP contribution in [0.4, 0.5) is 23.2 Å². The number of benzene rings is 2. The minimum absolute atomic E-state index is 0.0212. The summed E-state index contributed by atoms with van der Waals surface area (Å²) in [6.45, 7) is 9.39. The van der Waals surface area contributed by atoms with Crippen LogP contribution in [-0.4, -0.2) is 89.5 Å². The largest absolute Gasteiger partial charge is 0.497 e. The van der Waals surface area contributed by atoms with Gasteiger partial charge in [0, 0.05) is 19.7 Å². The van der Waals surface area contributed by atoms with E-state index in [-0.39, 0.29) is 34.5 Å². The maximum Gasteiger partial charge on any atom is 0.437 e. The molecule has 0 spiro atoms. The third-order valence-electron chi connectivity index (χ3n) is 5.84. The van der Waals surface area contributed by atoms with Crippen LogP contribution in [0.15, 0.2) is 41.4 Å². The van der Waals surface area contributed by atoms with E-state index in [0.717, 1.165) is 14.5 Å². The van der Waals surface area contributed by atoms with E-state index >= 15 is 8.78 Å². The first-order chi connectivity index (χ1) is 20.4. The lowest BCUT2D eigenvalue weighted by Crippen LogP contribution is -3.62. The Kier molecular flexibility index (Phi) is 11.0. The molecule has 0 bridgehead atoms. The van der Waals surface area contributed by atoms with Gasteiger partial charge in [-0.3, -0.25) is 0 Å². The van der Waals surface area contributed by atoms with Crippen LogP contribution in [-0.2, 0) is 16.0 Å². The summed E-state index contributed by atoms with van der Waals surface area (Å²) in [7, 11) is 4.62. The average molecular weight is 731 g/mol. The predicted molar refractivity (Wildman–Crippen MR) is 155 cm³/mol. The summed E-state index contributed by atoms with van der Waals surface area (Å²) in [6, 6.07) is 9.04. The second-order valence-corrected chi connectivity index (χ2v) is 14.9. The number of ether oxygens (including phenoxy) is 3. The van der Waals surface area contributed by atoms with Crippen molar-refractivity contribution >= 4 is 24.2 Å². The van der Waals surface area contributed by atoms with E-state index in [4.69, 9.17) is 14.2 Å². The summed E-state index contributed by atoms with van der Waals surface area (Å²) in [5, 5.41) is 0. The standard InChI is InChI=1S/C30H39F2IN5O6/c1-29(2,3)43-26(39)34-25(37-17-35(7)27(40)36(8)18-37)38(28(41)44-30(4,5)6)16-19-10-15-22(31)24(23(19)32)33-20-11-13-21(42-9)14-12-20/h10-15H,16-18H2,1-9H3/q+1. The Morgan fingerprint density at radius 2 is 1.50 bits per heavy atom. The summed E-state index contributed by atoms with van der Waals surface area (Å²) < 4.78 is 48.0. The number of amides is 4. The number of halogens is 3. The first kappa shape index (κ1) is 34.8. The van der Waals surface area contributed by atoms with Gasteiger partial charge in [0.15, 0.2) is 15.2 Å². The lowest BCUT2D eigenvalue weighted by atomic mass is 10.2. The Hall–Kier alpha value is -3.69. The third kappa shape index (κ3) is 9.40.